The van der Waals surface area contributed by atoms with E-state index in [1.807, 2.05) is 0 Å². The number of piperidine rings is 1. The van der Waals surface area contributed by atoms with Crippen LogP contribution in [0.5, 0.6) is 0 Å². The number of fused-ring (bicyclic) bond motifs is 1. The fourth-order valence-corrected chi connectivity index (χ4v) is 6.05. The van der Waals surface area contributed by atoms with Gasteiger partial charge in [-0.05, 0) is 61.6 Å². The summed E-state index contributed by atoms with van der Waals surface area (Å²) in [6.07, 6.45) is 0.939. The summed E-state index contributed by atoms with van der Waals surface area (Å²) in [6, 6.07) is 9.57. The summed E-state index contributed by atoms with van der Waals surface area (Å²) in [5, 5.41) is 9.93. The van der Waals surface area contributed by atoms with Gasteiger partial charge < -0.3 is 9.67 Å². The Kier molecular flexibility index (Phi) is 5.57. The van der Waals surface area contributed by atoms with Crippen molar-refractivity contribution in [2.75, 3.05) is 13.1 Å². The first-order chi connectivity index (χ1) is 14.7. The predicted octanol–water partition coefficient (Wildman–Crippen LogP) is 3.88. The number of aliphatic carboxylic acids is 1. The van der Waals surface area contributed by atoms with Crippen molar-refractivity contribution < 1.29 is 27.1 Å². The summed E-state index contributed by atoms with van der Waals surface area (Å²) < 4.78 is 56.7. The molecule has 0 atom stereocenters. The molecule has 31 heavy (non-hydrogen) atoms. The quantitative estimate of drug-likeness (QED) is 0.643. The Bertz CT molecular complexity index is 1260. The number of sulfonamides is 1. The largest absolute Gasteiger partial charge is 0.480 e. The first-order valence-electron chi connectivity index (χ1n) is 9.95. The molecule has 6 nitrogen and oxygen atoms in total. The van der Waals surface area contributed by atoms with Crippen LogP contribution in [0, 0.1) is 18.6 Å². The van der Waals surface area contributed by atoms with Gasteiger partial charge in [-0.25, -0.2) is 17.2 Å². The summed E-state index contributed by atoms with van der Waals surface area (Å²) in [7, 11) is -3.95. The number of carbonyl (C=O) groups is 1. The molecular formula is C22H22F2N2O4S. The molecule has 1 fully saturated rings. The molecule has 0 aliphatic carbocycles. The van der Waals surface area contributed by atoms with Gasteiger partial charge in [0, 0.05) is 29.7 Å². The molecule has 164 valence electrons. The first-order valence-corrected chi connectivity index (χ1v) is 11.4. The number of rotatable bonds is 5. The van der Waals surface area contributed by atoms with E-state index in [1.54, 1.807) is 17.6 Å². The van der Waals surface area contributed by atoms with E-state index >= 15 is 0 Å². The van der Waals surface area contributed by atoms with E-state index in [0.717, 1.165) is 17.3 Å². The van der Waals surface area contributed by atoms with E-state index < -0.39 is 27.6 Å². The van der Waals surface area contributed by atoms with Crippen molar-refractivity contribution in [2.45, 2.75) is 37.1 Å². The highest BCUT2D eigenvalue weighted by Gasteiger charge is 2.33. The summed E-state index contributed by atoms with van der Waals surface area (Å²) in [6.45, 7) is 1.95. The van der Waals surface area contributed by atoms with Crippen molar-refractivity contribution in [3.8, 4) is 0 Å². The molecule has 0 radical (unpaired) electrons. The van der Waals surface area contributed by atoms with E-state index in [4.69, 9.17) is 0 Å². The SMILES string of the molecule is Cc1c(C2CCN(S(=O)(=O)c3ccccc3F)CC2)c2cc(F)ccc2n1CC(=O)O. The lowest BCUT2D eigenvalue weighted by Gasteiger charge is -2.31. The molecule has 0 spiro atoms. The molecule has 2 heterocycles. The molecule has 2 aromatic carbocycles. The average Bonchev–Trinajstić information content (AvgIpc) is 2.98. The molecule has 9 heteroatoms. The van der Waals surface area contributed by atoms with E-state index in [9.17, 15) is 27.1 Å². The molecular weight excluding hydrogens is 426 g/mol. The maximum absolute atomic E-state index is 14.1. The van der Waals surface area contributed by atoms with Crippen molar-refractivity contribution in [1.29, 1.82) is 0 Å². The fourth-order valence-electron chi connectivity index (χ4n) is 4.51. The number of carboxylic acids is 1. The zero-order chi connectivity index (χ0) is 22.3. The Morgan fingerprint density at radius 3 is 2.45 bits per heavy atom. The van der Waals surface area contributed by atoms with Gasteiger partial charge in [-0.2, -0.15) is 4.31 Å². The second-order valence-electron chi connectivity index (χ2n) is 7.75. The van der Waals surface area contributed by atoms with Crippen molar-refractivity contribution in [2.24, 2.45) is 0 Å². The molecule has 0 amide bonds. The monoisotopic (exact) mass is 448 g/mol. The highest BCUT2D eigenvalue weighted by atomic mass is 32.2. The zero-order valence-electron chi connectivity index (χ0n) is 16.9. The first kappa shape index (κ1) is 21.5. The third kappa shape index (κ3) is 3.83. The van der Waals surface area contributed by atoms with Crippen LogP contribution in [-0.2, 0) is 21.4 Å². The Morgan fingerprint density at radius 2 is 1.81 bits per heavy atom. The van der Waals surface area contributed by atoms with E-state index in [1.165, 1.54) is 34.6 Å². The normalized spacial score (nSPS) is 16.1. The average molecular weight is 448 g/mol. The van der Waals surface area contributed by atoms with Gasteiger partial charge in [-0.3, -0.25) is 4.79 Å². The van der Waals surface area contributed by atoms with E-state index in [2.05, 4.69) is 0 Å². The van der Waals surface area contributed by atoms with Gasteiger partial charge in [0.1, 0.15) is 23.1 Å². The maximum Gasteiger partial charge on any atom is 0.323 e. The predicted molar refractivity (Wildman–Crippen MR) is 111 cm³/mol. The van der Waals surface area contributed by atoms with Crippen LogP contribution in [0.1, 0.15) is 30.0 Å². The zero-order valence-corrected chi connectivity index (χ0v) is 17.7. The molecule has 4 rings (SSSR count). The maximum atomic E-state index is 14.1. The molecule has 1 N–H and O–H groups in total. The number of carboxylic acid groups (broad SMARTS) is 1. The van der Waals surface area contributed by atoms with Crippen molar-refractivity contribution in [1.82, 2.24) is 8.87 Å². The molecule has 0 saturated carbocycles. The summed E-state index contributed by atoms with van der Waals surface area (Å²) in [5.41, 5.74) is 2.22. The second-order valence-corrected chi connectivity index (χ2v) is 9.66. The molecule has 1 aliphatic heterocycles. The number of aromatic nitrogens is 1. The van der Waals surface area contributed by atoms with Gasteiger partial charge in [-0.1, -0.05) is 12.1 Å². The van der Waals surface area contributed by atoms with E-state index in [-0.39, 0.29) is 30.4 Å². The van der Waals surface area contributed by atoms with Crippen LogP contribution in [0.2, 0.25) is 0 Å². The lowest BCUT2D eigenvalue weighted by Crippen LogP contribution is -2.38. The molecule has 1 aliphatic rings. The lowest BCUT2D eigenvalue weighted by molar-refractivity contribution is -0.137. The topological polar surface area (TPSA) is 79.6 Å². The molecule has 0 bridgehead atoms. The Balaban J connectivity index is 1.65. The van der Waals surface area contributed by atoms with Crippen LogP contribution in [0.15, 0.2) is 47.4 Å². The number of nitrogens with zero attached hydrogens (tertiary/aromatic N) is 2. The van der Waals surface area contributed by atoms with Crippen LogP contribution in [0.4, 0.5) is 8.78 Å². The Morgan fingerprint density at radius 1 is 1.13 bits per heavy atom. The summed E-state index contributed by atoms with van der Waals surface area (Å²) in [5.74, 6) is -2.26. The van der Waals surface area contributed by atoms with Crippen LogP contribution in [-0.4, -0.2) is 41.5 Å². The minimum atomic E-state index is -3.95. The van der Waals surface area contributed by atoms with Crippen molar-refractivity contribution in [3.63, 3.8) is 0 Å². The number of halogens is 2. The van der Waals surface area contributed by atoms with Crippen LogP contribution >= 0.6 is 0 Å². The highest BCUT2D eigenvalue weighted by Crippen LogP contribution is 2.38. The van der Waals surface area contributed by atoms with Gasteiger partial charge in [0.2, 0.25) is 10.0 Å². The van der Waals surface area contributed by atoms with Gasteiger partial charge >= 0.3 is 5.97 Å². The summed E-state index contributed by atoms with van der Waals surface area (Å²) in [4.78, 5) is 11.0. The minimum absolute atomic E-state index is 0.0635. The lowest BCUT2D eigenvalue weighted by atomic mass is 9.88. The van der Waals surface area contributed by atoms with Gasteiger partial charge in [0.05, 0.1) is 0 Å². The fraction of sp³-hybridized carbons (Fsp3) is 0.318. The van der Waals surface area contributed by atoms with Gasteiger partial charge in [0.15, 0.2) is 0 Å². The smallest absolute Gasteiger partial charge is 0.323 e. The highest BCUT2D eigenvalue weighted by molar-refractivity contribution is 7.89. The number of hydrogen-bond acceptors (Lipinski definition) is 3. The van der Waals surface area contributed by atoms with E-state index in [0.29, 0.717) is 23.7 Å². The van der Waals surface area contributed by atoms with Crippen molar-refractivity contribution >= 4 is 26.9 Å². The van der Waals surface area contributed by atoms with Crippen LogP contribution < -0.4 is 0 Å². The molecule has 0 unspecified atom stereocenters. The third-order valence-corrected chi connectivity index (χ3v) is 7.88. The summed E-state index contributed by atoms with van der Waals surface area (Å²) >= 11 is 0. The van der Waals surface area contributed by atoms with Crippen molar-refractivity contribution in [3.05, 3.63) is 65.4 Å². The molecule has 3 aromatic rings. The Hall–Kier alpha value is -2.78. The standard InChI is InChI=1S/C22H22F2N2O4S/c1-14-22(17-12-16(23)6-7-19(17)26(14)13-21(27)28)15-8-10-25(11-9-15)31(29,30)20-5-3-2-4-18(20)24/h2-7,12,15H,8-11,13H2,1H3,(H,27,28). The third-order valence-electron chi connectivity index (χ3n) is 5.94. The second kappa shape index (κ2) is 8.05. The molecule has 1 saturated heterocycles. The van der Waals surface area contributed by atoms with Crippen LogP contribution in [0.3, 0.4) is 0 Å². The minimum Gasteiger partial charge on any atom is -0.480 e. The van der Waals surface area contributed by atoms with Gasteiger partial charge in [-0.15, -0.1) is 0 Å². The number of benzene rings is 2. The number of hydrogen-bond donors (Lipinski definition) is 1. The molecule has 1 aromatic heterocycles. The Labute approximate surface area is 178 Å². The van der Waals surface area contributed by atoms with Crippen LogP contribution in [0.25, 0.3) is 10.9 Å². The van der Waals surface area contributed by atoms with Gasteiger partial charge in [0.25, 0.3) is 0 Å².